The Bertz CT molecular complexity index is 158. The summed E-state index contributed by atoms with van der Waals surface area (Å²) in [5.74, 6) is 0.680. The summed E-state index contributed by atoms with van der Waals surface area (Å²) >= 11 is 0. The lowest BCUT2D eigenvalue weighted by atomic mass is 9.95. The van der Waals surface area contributed by atoms with Crippen molar-refractivity contribution in [3.8, 4) is 0 Å². The molecule has 1 fully saturated rings. The molecule has 11 heavy (non-hydrogen) atoms. The molecule has 0 spiro atoms. The second-order valence-corrected chi connectivity index (χ2v) is 3.70. The Morgan fingerprint density at radius 3 is 2.27 bits per heavy atom. The van der Waals surface area contributed by atoms with Crippen molar-refractivity contribution >= 4 is 0 Å². The zero-order chi connectivity index (χ0) is 8.48. The molecule has 0 bridgehead atoms. The number of aliphatic hydroxyl groups is 1. The predicted octanol–water partition coefficient (Wildman–Crippen LogP) is 2.50. The van der Waals surface area contributed by atoms with Crippen LogP contribution in [0.1, 0.15) is 39.5 Å². The minimum Gasteiger partial charge on any atom is -0.385 e. The van der Waals surface area contributed by atoms with E-state index in [9.17, 15) is 5.11 Å². The fraction of sp³-hybridized carbons (Fsp3) is 0.800. The van der Waals surface area contributed by atoms with Crippen LogP contribution in [0.4, 0.5) is 0 Å². The van der Waals surface area contributed by atoms with Gasteiger partial charge in [0.1, 0.15) is 0 Å². The molecule has 0 aromatic heterocycles. The molecule has 1 rings (SSSR count). The van der Waals surface area contributed by atoms with Crippen molar-refractivity contribution in [1.29, 1.82) is 0 Å². The van der Waals surface area contributed by atoms with Crippen LogP contribution in [0.3, 0.4) is 0 Å². The summed E-state index contributed by atoms with van der Waals surface area (Å²) in [6, 6.07) is 0. The molecule has 0 aromatic carbocycles. The summed E-state index contributed by atoms with van der Waals surface area (Å²) in [6.45, 7) is 8.16. The van der Waals surface area contributed by atoms with Gasteiger partial charge < -0.3 is 5.11 Å². The molecular weight excluding hydrogens is 136 g/mol. The van der Waals surface area contributed by atoms with Crippen LogP contribution in [0.15, 0.2) is 12.2 Å². The Balaban J connectivity index is 2.35. The fourth-order valence-corrected chi connectivity index (χ4v) is 1.58. The first-order chi connectivity index (χ1) is 5.12. The minimum atomic E-state index is -0.462. The SMILES string of the molecule is C=C1C[C@@]1(O)CC(CC)CC. The van der Waals surface area contributed by atoms with Gasteiger partial charge in [-0.2, -0.15) is 0 Å². The first-order valence-corrected chi connectivity index (χ1v) is 4.53. The van der Waals surface area contributed by atoms with Gasteiger partial charge in [-0.3, -0.25) is 0 Å². The summed E-state index contributed by atoms with van der Waals surface area (Å²) < 4.78 is 0. The highest BCUT2D eigenvalue weighted by atomic mass is 16.3. The van der Waals surface area contributed by atoms with Gasteiger partial charge in [0, 0.05) is 6.42 Å². The van der Waals surface area contributed by atoms with E-state index in [1.165, 1.54) is 12.8 Å². The third kappa shape index (κ3) is 1.84. The van der Waals surface area contributed by atoms with Crippen LogP contribution >= 0.6 is 0 Å². The van der Waals surface area contributed by atoms with Crippen LogP contribution in [0, 0.1) is 5.92 Å². The maximum Gasteiger partial charge on any atom is 0.0895 e. The van der Waals surface area contributed by atoms with E-state index < -0.39 is 5.60 Å². The summed E-state index contributed by atoms with van der Waals surface area (Å²) in [7, 11) is 0. The highest BCUT2D eigenvalue weighted by molar-refractivity contribution is 5.32. The van der Waals surface area contributed by atoms with Crippen molar-refractivity contribution in [2.45, 2.75) is 45.1 Å². The Morgan fingerprint density at radius 1 is 1.55 bits per heavy atom. The summed E-state index contributed by atoms with van der Waals surface area (Å²) in [5, 5.41) is 9.73. The van der Waals surface area contributed by atoms with Crippen molar-refractivity contribution in [2.75, 3.05) is 0 Å². The topological polar surface area (TPSA) is 20.2 Å². The molecule has 0 heterocycles. The molecule has 1 nitrogen and oxygen atoms in total. The third-order valence-corrected chi connectivity index (χ3v) is 2.82. The molecule has 1 atom stereocenters. The summed E-state index contributed by atoms with van der Waals surface area (Å²) in [6.07, 6.45) is 4.11. The van der Waals surface area contributed by atoms with Crippen molar-refractivity contribution in [2.24, 2.45) is 5.92 Å². The molecule has 0 aromatic rings. The van der Waals surface area contributed by atoms with Gasteiger partial charge in [-0.1, -0.05) is 33.3 Å². The van der Waals surface area contributed by atoms with Crippen LogP contribution < -0.4 is 0 Å². The van der Waals surface area contributed by atoms with Crippen LogP contribution in [0.5, 0.6) is 0 Å². The fourth-order valence-electron chi connectivity index (χ4n) is 1.58. The van der Waals surface area contributed by atoms with Gasteiger partial charge in [0.15, 0.2) is 0 Å². The predicted molar refractivity (Wildman–Crippen MR) is 47.4 cm³/mol. The lowest BCUT2D eigenvalue weighted by molar-refractivity contribution is 0.129. The minimum absolute atomic E-state index is 0.462. The maximum absolute atomic E-state index is 9.73. The maximum atomic E-state index is 9.73. The number of hydrogen-bond donors (Lipinski definition) is 1. The van der Waals surface area contributed by atoms with Gasteiger partial charge in [-0.25, -0.2) is 0 Å². The van der Waals surface area contributed by atoms with E-state index in [4.69, 9.17) is 0 Å². The molecule has 0 amide bonds. The average Bonchev–Trinajstić information content (AvgIpc) is 2.55. The van der Waals surface area contributed by atoms with Crippen LogP contribution in [-0.4, -0.2) is 10.7 Å². The molecule has 0 saturated heterocycles. The Hall–Kier alpha value is -0.300. The molecule has 1 aliphatic rings. The van der Waals surface area contributed by atoms with Crippen molar-refractivity contribution in [1.82, 2.24) is 0 Å². The quantitative estimate of drug-likeness (QED) is 0.617. The molecular formula is C10H18O. The third-order valence-electron chi connectivity index (χ3n) is 2.82. The van der Waals surface area contributed by atoms with Crippen molar-refractivity contribution in [3.05, 3.63) is 12.2 Å². The lowest BCUT2D eigenvalue weighted by Gasteiger charge is -2.15. The first kappa shape index (κ1) is 8.79. The molecule has 64 valence electrons. The number of hydrogen-bond acceptors (Lipinski definition) is 1. The smallest absolute Gasteiger partial charge is 0.0895 e. The van der Waals surface area contributed by atoms with Crippen LogP contribution in [0.25, 0.3) is 0 Å². The van der Waals surface area contributed by atoms with E-state index >= 15 is 0 Å². The van der Waals surface area contributed by atoms with Gasteiger partial charge in [0.2, 0.25) is 0 Å². The zero-order valence-electron chi connectivity index (χ0n) is 7.56. The van der Waals surface area contributed by atoms with Gasteiger partial charge in [0.25, 0.3) is 0 Å². The summed E-state index contributed by atoms with van der Waals surface area (Å²) in [5.41, 5.74) is 0.570. The largest absolute Gasteiger partial charge is 0.385 e. The van der Waals surface area contributed by atoms with Crippen LogP contribution in [-0.2, 0) is 0 Å². The highest BCUT2D eigenvalue weighted by Gasteiger charge is 2.45. The first-order valence-electron chi connectivity index (χ1n) is 4.53. The normalized spacial score (nSPS) is 29.6. The van der Waals surface area contributed by atoms with E-state index in [2.05, 4.69) is 20.4 Å². The van der Waals surface area contributed by atoms with Crippen molar-refractivity contribution < 1.29 is 5.11 Å². The van der Waals surface area contributed by atoms with Gasteiger partial charge >= 0.3 is 0 Å². The van der Waals surface area contributed by atoms with Gasteiger partial charge in [0.05, 0.1) is 5.60 Å². The zero-order valence-corrected chi connectivity index (χ0v) is 7.56. The highest BCUT2D eigenvalue weighted by Crippen LogP contribution is 2.46. The molecule has 1 heteroatoms. The average molecular weight is 154 g/mol. The second kappa shape index (κ2) is 2.98. The van der Waals surface area contributed by atoms with E-state index in [1.807, 2.05) is 0 Å². The Labute approximate surface area is 69.1 Å². The van der Waals surface area contributed by atoms with E-state index in [0.29, 0.717) is 5.92 Å². The second-order valence-electron chi connectivity index (χ2n) is 3.70. The van der Waals surface area contributed by atoms with Gasteiger partial charge in [-0.05, 0) is 17.9 Å². The van der Waals surface area contributed by atoms with E-state index in [-0.39, 0.29) is 0 Å². The monoisotopic (exact) mass is 154 g/mol. The van der Waals surface area contributed by atoms with Crippen molar-refractivity contribution in [3.63, 3.8) is 0 Å². The van der Waals surface area contributed by atoms with E-state index in [0.717, 1.165) is 18.4 Å². The molecule has 0 unspecified atom stereocenters. The van der Waals surface area contributed by atoms with Crippen LogP contribution in [0.2, 0.25) is 0 Å². The molecule has 0 radical (unpaired) electrons. The number of rotatable bonds is 4. The standard InChI is InChI=1S/C10H18O/c1-4-9(5-2)7-10(11)6-8(10)3/h9,11H,3-7H2,1-2H3/t10-/m1/s1. The van der Waals surface area contributed by atoms with E-state index in [1.54, 1.807) is 0 Å². The molecule has 0 aliphatic heterocycles. The Kier molecular flexibility index (Phi) is 2.38. The molecule has 1 N–H and O–H groups in total. The molecule has 1 aliphatic carbocycles. The molecule has 1 saturated carbocycles. The lowest BCUT2D eigenvalue weighted by Crippen LogP contribution is -2.13. The summed E-state index contributed by atoms with van der Waals surface area (Å²) in [4.78, 5) is 0. The van der Waals surface area contributed by atoms with Gasteiger partial charge in [-0.15, -0.1) is 0 Å². The Morgan fingerprint density at radius 2 is 2.00 bits per heavy atom.